The lowest BCUT2D eigenvalue weighted by Gasteiger charge is -2.30. The predicted molar refractivity (Wildman–Crippen MR) is 132 cm³/mol. The maximum Gasteiger partial charge on any atom is 0.407 e. The van der Waals surface area contributed by atoms with Gasteiger partial charge in [0.1, 0.15) is 5.82 Å². The van der Waals surface area contributed by atoms with Crippen molar-refractivity contribution in [2.45, 2.75) is 18.9 Å². The van der Waals surface area contributed by atoms with Crippen LogP contribution in [-0.2, 0) is 7.05 Å². The first kappa shape index (κ1) is 21.7. The minimum atomic E-state index is -0.862. The number of anilines is 3. The second-order valence-corrected chi connectivity index (χ2v) is 8.57. The zero-order chi connectivity index (χ0) is 23.7. The number of carbonyl (C=O) groups is 1. The fourth-order valence-electron chi connectivity index (χ4n) is 4.38. The number of rotatable bonds is 5. The quantitative estimate of drug-likeness (QED) is 0.460. The third-order valence-electron chi connectivity index (χ3n) is 6.37. The number of imidazole rings is 1. The van der Waals surface area contributed by atoms with E-state index in [1.807, 2.05) is 54.2 Å². The summed E-state index contributed by atoms with van der Waals surface area (Å²) >= 11 is 0. The van der Waals surface area contributed by atoms with Crippen LogP contribution in [0.2, 0.25) is 0 Å². The fraction of sp³-hybridized carbons (Fsp3) is 0.280. The molecule has 0 atom stereocenters. The van der Waals surface area contributed by atoms with Gasteiger partial charge in [-0.3, -0.25) is 0 Å². The van der Waals surface area contributed by atoms with E-state index in [1.165, 1.54) is 4.90 Å². The first-order valence-corrected chi connectivity index (χ1v) is 11.3. The Morgan fingerprint density at radius 2 is 1.88 bits per heavy atom. The van der Waals surface area contributed by atoms with E-state index in [0.717, 1.165) is 46.5 Å². The van der Waals surface area contributed by atoms with Crippen molar-refractivity contribution >= 4 is 34.6 Å². The molecule has 0 spiro atoms. The van der Waals surface area contributed by atoms with E-state index in [-0.39, 0.29) is 6.04 Å². The van der Waals surface area contributed by atoms with Crippen molar-refractivity contribution in [1.29, 1.82) is 0 Å². The monoisotopic (exact) mass is 457 g/mol. The van der Waals surface area contributed by atoms with Crippen LogP contribution < -0.4 is 10.2 Å². The van der Waals surface area contributed by atoms with Crippen LogP contribution in [0, 0.1) is 0 Å². The largest absolute Gasteiger partial charge is 0.465 e. The molecule has 174 valence electrons. The molecule has 1 amide bonds. The van der Waals surface area contributed by atoms with Crippen LogP contribution in [0.1, 0.15) is 12.8 Å². The maximum atomic E-state index is 11.1. The Balaban J connectivity index is 1.42. The summed E-state index contributed by atoms with van der Waals surface area (Å²) in [6, 6.07) is 16.5. The Morgan fingerprint density at radius 3 is 2.62 bits per heavy atom. The first-order valence-electron chi connectivity index (χ1n) is 11.3. The molecule has 0 aliphatic carbocycles. The number of nitrogens with zero attached hydrogens (tertiary/aromatic N) is 6. The van der Waals surface area contributed by atoms with Crippen LogP contribution in [0.3, 0.4) is 0 Å². The highest BCUT2D eigenvalue weighted by Crippen LogP contribution is 2.34. The lowest BCUT2D eigenvalue weighted by atomic mass is 10.0. The summed E-state index contributed by atoms with van der Waals surface area (Å²) in [7, 11) is 3.99. The molecule has 0 saturated carbocycles. The number of fused-ring (bicyclic) bond motifs is 1. The number of aryl methyl sites for hydroxylation is 1. The molecule has 2 aromatic carbocycles. The summed E-state index contributed by atoms with van der Waals surface area (Å²) in [6.45, 7) is 1.03. The highest BCUT2D eigenvalue weighted by Gasteiger charge is 2.23. The van der Waals surface area contributed by atoms with Gasteiger partial charge in [-0.05, 0) is 36.6 Å². The topological polar surface area (TPSA) is 99.4 Å². The molecule has 0 unspecified atom stereocenters. The number of aromatic nitrogens is 4. The van der Waals surface area contributed by atoms with Gasteiger partial charge in [0.05, 0.1) is 17.4 Å². The third-order valence-corrected chi connectivity index (χ3v) is 6.37. The fourth-order valence-corrected chi connectivity index (χ4v) is 4.38. The predicted octanol–water partition coefficient (Wildman–Crippen LogP) is 4.35. The van der Waals surface area contributed by atoms with Crippen molar-refractivity contribution in [1.82, 2.24) is 24.4 Å². The number of benzene rings is 2. The van der Waals surface area contributed by atoms with Crippen LogP contribution in [0.5, 0.6) is 0 Å². The van der Waals surface area contributed by atoms with Gasteiger partial charge in [0.25, 0.3) is 0 Å². The molecule has 1 aliphatic rings. The summed E-state index contributed by atoms with van der Waals surface area (Å²) in [5.74, 6) is 1.31. The number of amides is 1. The molecule has 9 heteroatoms. The minimum Gasteiger partial charge on any atom is -0.465 e. The lowest BCUT2D eigenvalue weighted by molar-refractivity contribution is 0.133. The summed E-state index contributed by atoms with van der Waals surface area (Å²) in [5.41, 5.74) is 5.18. The molecule has 1 saturated heterocycles. The molecule has 5 rings (SSSR count). The summed E-state index contributed by atoms with van der Waals surface area (Å²) < 4.78 is 2.02. The van der Waals surface area contributed by atoms with E-state index >= 15 is 0 Å². The number of hydrogen-bond donors (Lipinski definition) is 2. The maximum absolute atomic E-state index is 11.1. The summed E-state index contributed by atoms with van der Waals surface area (Å²) in [4.78, 5) is 28.4. The normalized spacial score (nSPS) is 14.4. The van der Waals surface area contributed by atoms with E-state index in [0.29, 0.717) is 19.0 Å². The second-order valence-electron chi connectivity index (χ2n) is 8.57. The van der Waals surface area contributed by atoms with Gasteiger partial charge >= 0.3 is 6.09 Å². The van der Waals surface area contributed by atoms with Gasteiger partial charge in [0.2, 0.25) is 5.95 Å². The molecule has 34 heavy (non-hydrogen) atoms. The summed E-state index contributed by atoms with van der Waals surface area (Å²) in [6.07, 6.45) is 4.18. The molecule has 1 aliphatic heterocycles. The Labute approximate surface area is 197 Å². The number of likely N-dealkylation sites (tertiary alicyclic amines) is 1. The molecule has 0 radical (unpaired) electrons. The molecule has 2 aromatic heterocycles. The number of nitrogens with one attached hydrogen (secondary N) is 1. The Bertz CT molecular complexity index is 1310. The van der Waals surface area contributed by atoms with Crippen molar-refractivity contribution in [3.05, 3.63) is 61.1 Å². The van der Waals surface area contributed by atoms with E-state index < -0.39 is 6.09 Å². The van der Waals surface area contributed by atoms with E-state index in [2.05, 4.69) is 39.6 Å². The molecular formula is C25H27N7O2. The van der Waals surface area contributed by atoms with E-state index in [9.17, 15) is 4.79 Å². The molecule has 0 bridgehead atoms. The van der Waals surface area contributed by atoms with Gasteiger partial charge in [-0.15, -0.1) is 0 Å². The Kier molecular flexibility index (Phi) is 5.75. The zero-order valence-corrected chi connectivity index (χ0v) is 19.2. The van der Waals surface area contributed by atoms with Crippen LogP contribution >= 0.6 is 0 Å². The molecular weight excluding hydrogens is 430 g/mol. The molecule has 4 aromatic rings. The Morgan fingerprint density at radius 1 is 1.12 bits per heavy atom. The Hall–Kier alpha value is -4.14. The van der Waals surface area contributed by atoms with Crippen LogP contribution in [-0.4, -0.2) is 61.8 Å². The lowest BCUT2D eigenvalue weighted by Crippen LogP contribution is -2.41. The average molecular weight is 458 g/mol. The average Bonchev–Trinajstić information content (AvgIpc) is 3.24. The highest BCUT2D eigenvalue weighted by molar-refractivity contribution is 5.95. The van der Waals surface area contributed by atoms with Crippen LogP contribution in [0.25, 0.3) is 22.2 Å². The van der Waals surface area contributed by atoms with Crippen molar-refractivity contribution in [3.63, 3.8) is 0 Å². The molecule has 2 N–H and O–H groups in total. The molecule has 3 heterocycles. The number of piperidine rings is 1. The highest BCUT2D eigenvalue weighted by atomic mass is 16.4. The van der Waals surface area contributed by atoms with Gasteiger partial charge in [-0.1, -0.05) is 30.3 Å². The van der Waals surface area contributed by atoms with Gasteiger partial charge < -0.3 is 24.8 Å². The smallest absolute Gasteiger partial charge is 0.407 e. The summed E-state index contributed by atoms with van der Waals surface area (Å²) in [5, 5.41) is 12.5. The minimum absolute atomic E-state index is 0.145. The van der Waals surface area contributed by atoms with Crippen molar-refractivity contribution < 1.29 is 9.90 Å². The SMILES string of the molecule is CN(c1cc(-c2ccccc2)c2ncn(C)c2c1)c1ccnc(NC2CCN(C(=O)O)CC2)n1. The number of carboxylic acid groups (broad SMARTS) is 1. The van der Waals surface area contributed by atoms with Gasteiger partial charge in [0, 0.05) is 50.7 Å². The molecule has 1 fully saturated rings. The standard InChI is InChI=1S/C25H27N7O2/c1-30-16-27-23-20(17-6-4-3-5-7-17)14-19(15-21(23)30)31(2)22-8-11-26-24(29-22)28-18-9-12-32(13-10-18)25(33)34/h3-8,11,14-16,18H,9-10,12-13H2,1-2H3,(H,33,34)(H,26,28,29). The van der Waals surface area contributed by atoms with Gasteiger partial charge in [0.15, 0.2) is 0 Å². The van der Waals surface area contributed by atoms with Gasteiger partial charge in [-0.2, -0.15) is 4.98 Å². The molecule has 9 nitrogen and oxygen atoms in total. The van der Waals surface area contributed by atoms with E-state index in [1.54, 1.807) is 6.20 Å². The van der Waals surface area contributed by atoms with Crippen molar-refractivity contribution in [2.24, 2.45) is 7.05 Å². The van der Waals surface area contributed by atoms with Crippen LogP contribution in [0.4, 0.5) is 22.2 Å². The zero-order valence-electron chi connectivity index (χ0n) is 19.2. The first-order chi connectivity index (χ1) is 16.5. The van der Waals surface area contributed by atoms with Crippen LogP contribution in [0.15, 0.2) is 61.1 Å². The number of hydrogen-bond acceptors (Lipinski definition) is 6. The second kappa shape index (κ2) is 9.01. The van der Waals surface area contributed by atoms with Crippen molar-refractivity contribution in [3.8, 4) is 11.1 Å². The van der Waals surface area contributed by atoms with Crippen molar-refractivity contribution in [2.75, 3.05) is 30.4 Å². The van der Waals surface area contributed by atoms with E-state index in [4.69, 9.17) is 10.1 Å². The third kappa shape index (κ3) is 4.24. The van der Waals surface area contributed by atoms with Gasteiger partial charge in [-0.25, -0.2) is 14.8 Å².